The standard InChI is InChI=1S/C21H17N3O3S/c1-12-8-10-15(11-9-12)18(25)16-17(14-6-4-3-5-7-14)24(20(27)19(16)26)21-23-22-13(2)28-21/h3-11,17,25H,1-2H3/b18-16+. The average Bonchev–Trinajstić information content (AvgIpc) is 3.24. The fourth-order valence-electron chi connectivity index (χ4n) is 3.23. The molecule has 7 heteroatoms. The van der Waals surface area contributed by atoms with Crippen molar-refractivity contribution in [1.29, 1.82) is 0 Å². The van der Waals surface area contributed by atoms with Gasteiger partial charge in [-0.1, -0.05) is 71.5 Å². The number of hydrogen-bond donors (Lipinski definition) is 1. The van der Waals surface area contributed by atoms with Gasteiger partial charge in [-0.3, -0.25) is 14.5 Å². The van der Waals surface area contributed by atoms with Crippen LogP contribution in [0, 0.1) is 13.8 Å². The predicted molar refractivity (Wildman–Crippen MR) is 107 cm³/mol. The number of benzene rings is 2. The highest BCUT2D eigenvalue weighted by atomic mass is 32.1. The van der Waals surface area contributed by atoms with Gasteiger partial charge in [0, 0.05) is 5.56 Å². The number of ketones is 1. The normalized spacial score (nSPS) is 18.6. The van der Waals surface area contributed by atoms with Gasteiger partial charge in [-0.05, 0) is 19.4 Å². The van der Waals surface area contributed by atoms with Crippen molar-refractivity contribution < 1.29 is 14.7 Å². The molecule has 1 N–H and O–H groups in total. The Morgan fingerprint density at radius 2 is 1.68 bits per heavy atom. The van der Waals surface area contributed by atoms with E-state index < -0.39 is 17.7 Å². The van der Waals surface area contributed by atoms with Gasteiger partial charge in [-0.2, -0.15) is 0 Å². The van der Waals surface area contributed by atoms with Crippen LogP contribution in [0.5, 0.6) is 0 Å². The summed E-state index contributed by atoms with van der Waals surface area (Å²) in [6, 6.07) is 15.5. The van der Waals surface area contributed by atoms with Gasteiger partial charge in [0.2, 0.25) is 5.13 Å². The molecule has 0 bridgehead atoms. The van der Waals surface area contributed by atoms with Gasteiger partial charge >= 0.3 is 5.91 Å². The molecule has 1 unspecified atom stereocenters. The van der Waals surface area contributed by atoms with E-state index in [-0.39, 0.29) is 11.3 Å². The van der Waals surface area contributed by atoms with Gasteiger partial charge < -0.3 is 5.11 Å². The number of aliphatic hydroxyl groups excluding tert-OH is 1. The molecular formula is C21H17N3O3S. The Morgan fingerprint density at radius 1 is 1.00 bits per heavy atom. The van der Waals surface area contributed by atoms with E-state index in [0.29, 0.717) is 21.3 Å². The zero-order chi connectivity index (χ0) is 19.8. The van der Waals surface area contributed by atoms with Gasteiger partial charge in [0.1, 0.15) is 10.8 Å². The van der Waals surface area contributed by atoms with E-state index in [9.17, 15) is 14.7 Å². The van der Waals surface area contributed by atoms with E-state index in [2.05, 4.69) is 10.2 Å². The van der Waals surface area contributed by atoms with E-state index in [4.69, 9.17) is 0 Å². The summed E-state index contributed by atoms with van der Waals surface area (Å²) in [5, 5.41) is 20.0. The molecule has 2 aromatic carbocycles. The number of aliphatic hydroxyl groups is 1. The van der Waals surface area contributed by atoms with Gasteiger partial charge in [0.05, 0.1) is 11.6 Å². The number of carbonyl (C=O) groups excluding carboxylic acids is 2. The van der Waals surface area contributed by atoms with Crippen LogP contribution in [0.2, 0.25) is 0 Å². The second kappa shape index (κ2) is 7.01. The van der Waals surface area contributed by atoms with Crippen molar-refractivity contribution in [2.45, 2.75) is 19.9 Å². The lowest BCUT2D eigenvalue weighted by atomic mass is 9.95. The van der Waals surface area contributed by atoms with Crippen LogP contribution in [0.15, 0.2) is 60.2 Å². The fourth-order valence-corrected chi connectivity index (χ4v) is 3.95. The zero-order valence-electron chi connectivity index (χ0n) is 15.3. The molecule has 1 amide bonds. The Morgan fingerprint density at radius 3 is 2.29 bits per heavy atom. The summed E-state index contributed by atoms with van der Waals surface area (Å²) in [5.74, 6) is -1.66. The van der Waals surface area contributed by atoms with Gasteiger partial charge in [-0.25, -0.2) is 0 Å². The Kier molecular flexibility index (Phi) is 4.52. The number of carbonyl (C=O) groups is 2. The topological polar surface area (TPSA) is 83.4 Å². The third kappa shape index (κ3) is 2.99. The Hall–Kier alpha value is -3.32. The number of rotatable bonds is 3. The molecule has 1 saturated heterocycles. The van der Waals surface area contributed by atoms with Gasteiger partial charge in [-0.15, -0.1) is 10.2 Å². The number of nitrogens with zero attached hydrogens (tertiary/aromatic N) is 3. The minimum absolute atomic E-state index is 0.0490. The van der Waals surface area contributed by atoms with Crippen molar-refractivity contribution in [1.82, 2.24) is 10.2 Å². The summed E-state index contributed by atoms with van der Waals surface area (Å²) >= 11 is 1.23. The molecule has 140 valence electrons. The molecule has 6 nitrogen and oxygen atoms in total. The maximum absolute atomic E-state index is 12.9. The highest BCUT2D eigenvalue weighted by Crippen LogP contribution is 2.42. The van der Waals surface area contributed by atoms with Crippen molar-refractivity contribution >= 4 is 33.9 Å². The van der Waals surface area contributed by atoms with E-state index in [1.165, 1.54) is 16.2 Å². The second-order valence-corrected chi connectivity index (χ2v) is 7.71. The maximum atomic E-state index is 12.9. The van der Waals surface area contributed by atoms with Crippen LogP contribution in [0.3, 0.4) is 0 Å². The lowest BCUT2D eigenvalue weighted by molar-refractivity contribution is -0.132. The average molecular weight is 391 g/mol. The molecule has 0 spiro atoms. The number of aryl methyl sites for hydroxylation is 2. The fraction of sp³-hybridized carbons (Fsp3) is 0.143. The van der Waals surface area contributed by atoms with Crippen LogP contribution >= 0.6 is 11.3 Å². The largest absolute Gasteiger partial charge is 0.507 e. The number of Topliss-reactive ketones (excluding diaryl/α,β-unsaturated/α-hetero) is 1. The zero-order valence-corrected chi connectivity index (χ0v) is 16.1. The Bertz CT molecular complexity index is 1090. The third-order valence-electron chi connectivity index (χ3n) is 4.61. The van der Waals surface area contributed by atoms with Crippen LogP contribution in [0.4, 0.5) is 5.13 Å². The first-order valence-electron chi connectivity index (χ1n) is 8.70. The minimum Gasteiger partial charge on any atom is -0.507 e. The molecule has 1 atom stereocenters. The molecule has 1 aliphatic heterocycles. The molecule has 2 heterocycles. The molecule has 0 aliphatic carbocycles. The van der Waals surface area contributed by atoms with E-state index in [0.717, 1.165) is 5.56 Å². The maximum Gasteiger partial charge on any atom is 0.301 e. The van der Waals surface area contributed by atoms with E-state index in [1.54, 1.807) is 19.1 Å². The van der Waals surface area contributed by atoms with E-state index >= 15 is 0 Å². The monoisotopic (exact) mass is 391 g/mol. The quantitative estimate of drug-likeness (QED) is 0.417. The van der Waals surface area contributed by atoms with Crippen molar-refractivity contribution in [3.63, 3.8) is 0 Å². The minimum atomic E-state index is -0.769. The summed E-state index contributed by atoms with van der Waals surface area (Å²) in [4.78, 5) is 27.1. The highest BCUT2D eigenvalue weighted by Gasteiger charge is 2.48. The van der Waals surface area contributed by atoms with Crippen molar-refractivity contribution in [2.75, 3.05) is 4.90 Å². The first-order valence-corrected chi connectivity index (χ1v) is 9.52. The molecule has 1 fully saturated rings. The highest BCUT2D eigenvalue weighted by molar-refractivity contribution is 7.15. The summed E-state index contributed by atoms with van der Waals surface area (Å²) in [7, 11) is 0. The van der Waals surface area contributed by atoms with E-state index in [1.807, 2.05) is 49.4 Å². The number of aromatic nitrogens is 2. The Labute approximate surface area is 165 Å². The van der Waals surface area contributed by atoms with Crippen LogP contribution < -0.4 is 4.90 Å². The third-order valence-corrected chi connectivity index (χ3v) is 5.44. The SMILES string of the molecule is Cc1ccc(/C(O)=C2\C(=O)C(=O)N(c3nnc(C)s3)C2c2ccccc2)cc1. The lowest BCUT2D eigenvalue weighted by Gasteiger charge is -2.22. The molecule has 4 rings (SSSR count). The molecule has 28 heavy (non-hydrogen) atoms. The molecule has 1 aliphatic rings. The number of anilines is 1. The van der Waals surface area contributed by atoms with Gasteiger partial charge in [0.15, 0.2) is 0 Å². The summed E-state index contributed by atoms with van der Waals surface area (Å²) in [6.45, 7) is 3.71. The van der Waals surface area contributed by atoms with Crippen LogP contribution in [-0.4, -0.2) is 27.0 Å². The molecule has 0 saturated carbocycles. The molecule has 3 aromatic rings. The molecule has 0 radical (unpaired) electrons. The van der Waals surface area contributed by atoms with Crippen LogP contribution in [0.1, 0.15) is 27.7 Å². The predicted octanol–water partition coefficient (Wildman–Crippen LogP) is 3.78. The van der Waals surface area contributed by atoms with Crippen LogP contribution in [0.25, 0.3) is 5.76 Å². The first kappa shape index (κ1) is 18.1. The summed E-state index contributed by atoms with van der Waals surface area (Å²) in [6.07, 6.45) is 0. The number of hydrogen-bond acceptors (Lipinski definition) is 6. The lowest BCUT2D eigenvalue weighted by Crippen LogP contribution is -2.29. The Balaban J connectivity index is 1.93. The van der Waals surface area contributed by atoms with Crippen molar-refractivity contribution in [3.8, 4) is 0 Å². The van der Waals surface area contributed by atoms with Crippen LogP contribution in [-0.2, 0) is 9.59 Å². The molecular weight excluding hydrogens is 374 g/mol. The number of amides is 1. The second-order valence-electron chi connectivity index (χ2n) is 6.55. The summed E-state index contributed by atoms with van der Waals surface area (Å²) in [5.41, 5.74) is 2.27. The van der Waals surface area contributed by atoms with Gasteiger partial charge in [0.25, 0.3) is 5.78 Å². The smallest absolute Gasteiger partial charge is 0.301 e. The molecule has 1 aromatic heterocycles. The summed E-state index contributed by atoms with van der Waals surface area (Å²) < 4.78 is 0. The van der Waals surface area contributed by atoms with Crippen molar-refractivity contribution in [3.05, 3.63) is 81.9 Å². The van der Waals surface area contributed by atoms with Crippen molar-refractivity contribution in [2.24, 2.45) is 0 Å². The first-order chi connectivity index (χ1) is 13.5.